The molecular formula is C26H27Cl2N3O3. The van der Waals surface area contributed by atoms with Gasteiger partial charge in [-0.05, 0) is 73.8 Å². The van der Waals surface area contributed by atoms with Gasteiger partial charge >= 0.3 is 5.97 Å². The zero-order chi connectivity index (χ0) is 24.2. The fourth-order valence-corrected chi connectivity index (χ4v) is 4.66. The van der Waals surface area contributed by atoms with Gasteiger partial charge in [-0.3, -0.25) is 9.20 Å². The van der Waals surface area contributed by atoms with E-state index in [9.17, 15) is 9.59 Å². The van der Waals surface area contributed by atoms with Crippen LogP contribution in [0.4, 0.5) is 0 Å². The van der Waals surface area contributed by atoms with Crippen molar-refractivity contribution in [2.45, 2.75) is 33.1 Å². The number of hydrogen-bond donors (Lipinski definition) is 0. The van der Waals surface area contributed by atoms with Crippen molar-refractivity contribution >= 4 is 46.5 Å². The molecule has 3 aromatic rings. The number of rotatable bonds is 7. The van der Waals surface area contributed by atoms with Crippen molar-refractivity contribution in [2.75, 3.05) is 26.2 Å². The van der Waals surface area contributed by atoms with Crippen LogP contribution < -0.4 is 5.56 Å². The van der Waals surface area contributed by atoms with E-state index in [-0.39, 0.29) is 5.56 Å². The van der Waals surface area contributed by atoms with E-state index in [4.69, 9.17) is 32.9 Å². The molecular weight excluding hydrogens is 473 g/mol. The SMILES string of the molecule is CCN(CC)CCOC(=O)c1ccc2nc3c(c(=O)n2c1)CCCC3=Cc1ccc(Cl)cc1Cl. The molecule has 1 aliphatic rings. The summed E-state index contributed by atoms with van der Waals surface area (Å²) in [6.07, 6.45) is 5.76. The minimum atomic E-state index is -0.448. The summed E-state index contributed by atoms with van der Waals surface area (Å²) in [4.78, 5) is 32.8. The smallest absolute Gasteiger partial charge is 0.339 e. The lowest BCUT2D eigenvalue weighted by atomic mass is 9.90. The quantitative estimate of drug-likeness (QED) is 0.408. The van der Waals surface area contributed by atoms with Crippen LogP contribution in [0.25, 0.3) is 17.3 Å². The summed E-state index contributed by atoms with van der Waals surface area (Å²) in [5, 5.41) is 1.12. The van der Waals surface area contributed by atoms with Gasteiger partial charge in [0.1, 0.15) is 12.3 Å². The number of ether oxygens (including phenoxy) is 1. The van der Waals surface area contributed by atoms with Crippen molar-refractivity contribution in [3.63, 3.8) is 0 Å². The molecule has 178 valence electrons. The molecule has 0 saturated carbocycles. The van der Waals surface area contributed by atoms with Crippen LogP contribution in [0, 0.1) is 0 Å². The first kappa shape index (κ1) is 24.5. The van der Waals surface area contributed by atoms with Gasteiger partial charge in [0.15, 0.2) is 0 Å². The summed E-state index contributed by atoms with van der Waals surface area (Å²) in [5.41, 5.74) is 3.78. The van der Waals surface area contributed by atoms with Crippen molar-refractivity contribution in [1.29, 1.82) is 0 Å². The minimum Gasteiger partial charge on any atom is -0.461 e. The van der Waals surface area contributed by atoms with Crippen LogP contribution in [0.5, 0.6) is 0 Å². The van der Waals surface area contributed by atoms with E-state index in [1.165, 1.54) is 10.6 Å². The molecule has 8 heteroatoms. The molecule has 2 heterocycles. The molecule has 0 N–H and O–H groups in total. The van der Waals surface area contributed by atoms with Crippen LogP contribution in [0.3, 0.4) is 0 Å². The number of aromatic nitrogens is 2. The Labute approximate surface area is 208 Å². The first-order chi connectivity index (χ1) is 16.4. The molecule has 1 aromatic carbocycles. The molecule has 4 rings (SSSR count). The lowest BCUT2D eigenvalue weighted by molar-refractivity contribution is 0.0466. The molecule has 0 radical (unpaired) electrons. The van der Waals surface area contributed by atoms with E-state index in [1.807, 2.05) is 12.1 Å². The third-order valence-corrected chi connectivity index (χ3v) is 6.72. The van der Waals surface area contributed by atoms with Gasteiger partial charge in [-0.25, -0.2) is 9.78 Å². The lowest BCUT2D eigenvalue weighted by Gasteiger charge is -2.19. The van der Waals surface area contributed by atoms with Gasteiger partial charge in [0, 0.05) is 28.4 Å². The summed E-state index contributed by atoms with van der Waals surface area (Å²) in [5.74, 6) is -0.448. The number of nitrogens with zero attached hydrogens (tertiary/aromatic N) is 3. The number of likely N-dealkylation sites (N-methyl/N-ethyl adjacent to an activating group) is 1. The lowest BCUT2D eigenvalue weighted by Crippen LogP contribution is -2.28. The highest BCUT2D eigenvalue weighted by atomic mass is 35.5. The average molecular weight is 500 g/mol. The van der Waals surface area contributed by atoms with E-state index >= 15 is 0 Å². The van der Waals surface area contributed by atoms with E-state index in [2.05, 4.69) is 18.7 Å². The number of carbonyl (C=O) groups is 1. The summed E-state index contributed by atoms with van der Waals surface area (Å²) in [6, 6.07) is 8.68. The molecule has 0 atom stereocenters. The van der Waals surface area contributed by atoms with E-state index in [1.54, 1.807) is 24.3 Å². The number of carbonyl (C=O) groups excluding carboxylic acids is 1. The molecule has 0 amide bonds. The minimum absolute atomic E-state index is 0.161. The van der Waals surface area contributed by atoms with Gasteiger partial charge in [0.25, 0.3) is 5.56 Å². The van der Waals surface area contributed by atoms with Crippen LogP contribution in [-0.2, 0) is 11.2 Å². The maximum atomic E-state index is 13.3. The van der Waals surface area contributed by atoms with Crippen molar-refractivity contribution in [3.8, 4) is 0 Å². The van der Waals surface area contributed by atoms with E-state index in [0.717, 1.165) is 37.1 Å². The number of benzene rings is 1. The molecule has 0 fully saturated rings. The van der Waals surface area contributed by atoms with Crippen molar-refractivity contribution in [3.05, 3.63) is 79.3 Å². The summed E-state index contributed by atoms with van der Waals surface area (Å²) < 4.78 is 6.86. The number of halogens is 2. The topological polar surface area (TPSA) is 63.9 Å². The first-order valence-corrected chi connectivity index (χ1v) is 12.3. The number of fused-ring (bicyclic) bond motifs is 2. The predicted octanol–water partition coefficient (Wildman–Crippen LogP) is 5.38. The molecule has 0 spiro atoms. The number of pyridine rings is 1. The molecule has 0 bridgehead atoms. The van der Waals surface area contributed by atoms with Crippen LogP contribution >= 0.6 is 23.2 Å². The zero-order valence-electron chi connectivity index (χ0n) is 19.3. The van der Waals surface area contributed by atoms with Gasteiger partial charge in [-0.1, -0.05) is 43.1 Å². The van der Waals surface area contributed by atoms with Crippen LogP contribution in [0.2, 0.25) is 10.0 Å². The van der Waals surface area contributed by atoms with E-state index in [0.29, 0.717) is 52.1 Å². The highest BCUT2D eigenvalue weighted by Crippen LogP contribution is 2.32. The largest absolute Gasteiger partial charge is 0.461 e. The number of allylic oxidation sites excluding steroid dienone is 1. The van der Waals surface area contributed by atoms with Crippen LogP contribution in [-0.4, -0.2) is 46.5 Å². The highest BCUT2D eigenvalue weighted by molar-refractivity contribution is 6.35. The Morgan fingerprint density at radius 3 is 2.71 bits per heavy atom. The third-order valence-electron chi connectivity index (χ3n) is 6.16. The number of hydrogen-bond acceptors (Lipinski definition) is 5. The second kappa shape index (κ2) is 10.7. The molecule has 0 aliphatic heterocycles. The zero-order valence-corrected chi connectivity index (χ0v) is 20.8. The van der Waals surface area contributed by atoms with Gasteiger partial charge < -0.3 is 9.64 Å². The standard InChI is InChI=1S/C26H27Cl2N3O3/c1-3-30(4-2)12-13-34-26(33)19-9-11-23-29-24-18(14-17-8-10-20(27)15-22(17)28)6-5-7-21(24)25(32)31(23)16-19/h8-11,14-16H,3-7,12-13H2,1-2H3. The third kappa shape index (κ3) is 5.19. The van der Waals surface area contributed by atoms with Gasteiger partial charge in [-0.2, -0.15) is 0 Å². The molecule has 0 unspecified atom stereocenters. The Bertz CT molecular complexity index is 1310. The highest BCUT2D eigenvalue weighted by Gasteiger charge is 2.21. The Kier molecular flexibility index (Phi) is 7.71. The maximum absolute atomic E-state index is 13.3. The van der Waals surface area contributed by atoms with Crippen molar-refractivity contribution in [1.82, 2.24) is 14.3 Å². The van der Waals surface area contributed by atoms with Crippen molar-refractivity contribution < 1.29 is 9.53 Å². The average Bonchev–Trinajstić information content (AvgIpc) is 2.84. The van der Waals surface area contributed by atoms with E-state index < -0.39 is 5.97 Å². The second-order valence-electron chi connectivity index (χ2n) is 8.24. The first-order valence-electron chi connectivity index (χ1n) is 11.5. The Balaban J connectivity index is 1.65. The molecule has 6 nitrogen and oxygen atoms in total. The Morgan fingerprint density at radius 2 is 1.97 bits per heavy atom. The monoisotopic (exact) mass is 499 g/mol. The summed E-state index contributed by atoms with van der Waals surface area (Å²) >= 11 is 12.4. The van der Waals surface area contributed by atoms with Crippen LogP contribution in [0.15, 0.2) is 41.3 Å². The summed E-state index contributed by atoms with van der Waals surface area (Å²) in [6.45, 7) is 6.91. The normalized spacial score (nSPS) is 14.6. The van der Waals surface area contributed by atoms with Gasteiger partial charge in [0.2, 0.25) is 0 Å². The molecule has 1 aliphatic carbocycles. The van der Waals surface area contributed by atoms with Gasteiger partial charge in [-0.15, -0.1) is 0 Å². The maximum Gasteiger partial charge on any atom is 0.339 e. The van der Waals surface area contributed by atoms with Gasteiger partial charge in [0.05, 0.1) is 11.3 Å². The summed E-state index contributed by atoms with van der Waals surface area (Å²) in [7, 11) is 0. The molecule has 2 aromatic heterocycles. The fourth-order valence-electron chi connectivity index (χ4n) is 4.20. The molecule has 0 saturated heterocycles. The molecule has 34 heavy (non-hydrogen) atoms. The Morgan fingerprint density at radius 1 is 1.18 bits per heavy atom. The second-order valence-corrected chi connectivity index (χ2v) is 9.09. The van der Waals surface area contributed by atoms with Crippen LogP contribution in [0.1, 0.15) is 53.9 Å². The fraction of sp³-hybridized carbons (Fsp3) is 0.346. The number of esters is 1. The predicted molar refractivity (Wildman–Crippen MR) is 137 cm³/mol. The van der Waals surface area contributed by atoms with Crippen molar-refractivity contribution in [2.24, 2.45) is 0 Å². The Hall–Kier alpha value is -2.67.